The summed E-state index contributed by atoms with van der Waals surface area (Å²) < 4.78 is 77.7. The molecule has 2 heterocycles. The maximum absolute atomic E-state index is 16.0. The second kappa shape index (κ2) is 10.7. The Morgan fingerprint density at radius 2 is 1.68 bits per heavy atom. The van der Waals surface area contributed by atoms with Gasteiger partial charge in [0.25, 0.3) is 0 Å². The van der Waals surface area contributed by atoms with Crippen molar-refractivity contribution in [3.05, 3.63) is 78.5 Å². The highest BCUT2D eigenvalue weighted by Crippen LogP contribution is 2.39. The average Bonchev–Trinajstić information content (AvgIpc) is 3.28. The summed E-state index contributed by atoms with van der Waals surface area (Å²) in [6.07, 6.45) is 3.38. The fourth-order valence-corrected chi connectivity index (χ4v) is 4.72. The lowest BCUT2D eigenvalue weighted by Gasteiger charge is -2.13. The van der Waals surface area contributed by atoms with Crippen LogP contribution in [-0.2, 0) is 20.8 Å². The van der Waals surface area contributed by atoms with Crippen LogP contribution in [0.1, 0.15) is 20.8 Å². The van der Waals surface area contributed by atoms with Gasteiger partial charge in [-0.1, -0.05) is 12.1 Å². The van der Waals surface area contributed by atoms with Crippen molar-refractivity contribution in [2.45, 2.75) is 38.3 Å². The van der Waals surface area contributed by atoms with Crippen LogP contribution in [0.4, 0.5) is 18.0 Å². The van der Waals surface area contributed by atoms with Crippen molar-refractivity contribution in [3.8, 4) is 33.5 Å². The molecule has 0 aliphatic heterocycles. The van der Waals surface area contributed by atoms with Crippen LogP contribution in [-0.4, -0.2) is 35.3 Å². The molecule has 198 valence electrons. The summed E-state index contributed by atoms with van der Waals surface area (Å²) in [4.78, 5) is 14.8. The van der Waals surface area contributed by atoms with Crippen LogP contribution >= 0.6 is 0 Å². The molecule has 0 fully saturated rings. The molecule has 0 spiro atoms. The van der Waals surface area contributed by atoms with Crippen LogP contribution in [0.15, 0.2) is 66.0 Å². The van der Waals surface area contributed by atoms with Gasteiger partial charge in [0, 0.05) is 47.9 Å². The molecule has 0 unspecified atom stereocenters. The molecule has 0 atom stereocenters. The van der Waals surface area contributed by atoms with E-state index in [-0.39, 0.29) is 5.69 Å². The summed E-state index contributed by atoms with van der Waals surface area (Å²) in [5.41, 5.74) is -0.387. The number of aromatic nitrogens is 3. The van der Waals surface area contributed by atoms with Gasteiger partial charge in [-0.25, -0.2) is 18.0 Å². The summed E-state index contributed by atoms with van der Waals surface area (Å²) >= 11 is 0. The Bertz CT molecular complexity index is 1610. The first-order valence-electron chi connectivity index (χ1n) is 11.5. The van der Waals surface area contributed by atoms with Crippen molar-refractivity contribution in [2.75, 3.05) is 0 Å². The minimum atomic E-state index is -4.90. The Labute approximate surface area is 217 Å². The second-order valence-corrected chi connectivity index (χ2v) is 10.0. The molecule has 0 aliphatic carbocycles. The molecule has 0 radical (unpaired) electrons. The summed E-state index contributed by atoms with van der Waals surface area (Å²) in [7, 11) is -4.90. The van der Waals surface area contributed by atoms with Crippen LogP contribution in [0.2, 0.25) is 0 Å². The van der Waals surface area contributed by atoms with Gasteiger partial charge < -0.3 is 9.50 Å². The first-order chi connectivity index (χ1) is 18.0. The quantitative estimate of drug-likeness (QED) is 0.307. The van der Waals surface area contributed by atoms with E-state index in [1.54, 1.807) is 39.1 Å². The SMILES string of the molecule is CCn1cc(-c2ccncc2)c(-c2c(F)ccc(-c3cccc(S(=O)(=O)OC(=O)NC(C)C)c3F)c2F)n1. The molecular weight excluding hydrogens is 521 g/mol. The number of nitrogens with zero attached hydrogens (tertiary/aromatic N) is 3. The molecular formula is C26H23F3N4O4S. The fraction of sp³-hybridized carbons (Fsp3) is 0.192. The van der Waals surface area contributed by atoms with Gasteiger partial charge in [0.05, 0.1) is 5.56 Å². The normalized spacial score (nSPS) is 11.6. The van der Waals surface area contributed by atoms with Crippen LogP contribution in [0, 0.1) is 17.5 Å². The first kappa shape index (κ1) is 26.9. The van der Waals surface area contributed by atoms with Gasteiger partial charge in [-0.3, -0.25) is 9.67 Å². The van der Waals surface area contributed by atoms with Gasteiger partial charge in [0.1, 0.15) is 22.2 Å². The third-order valence-electron chi connectivity index (χ3n) is 5.52. The fourth-order valence-electron chi connectivity index (χ4n) is 3.80. The molecule has 0 saturated heterocycles. The number of carbonyl (C=O) groups is 1. The molecule has 38 heavy (non-hydrogen) atoms. The van der Waals surface area contributed by atoms with E-state index in [4.69, 9.17) is 0 Å². The minimum Gasteiger partial charge on any atom is -0.324 e. The number of amides is 1. The third-order valence-corrected chi connectivity index (χ3v) is 6.74. The maximum Gasteiger partial charge on any atom is 0.423 e. The van der Waals surface area contributed by atoms with Gasteiger partial charge in [-0.15, -0.1) is 0 Å². The number of aryl methyl sites for hydroxylation is 1. The Balaban J connectivity index is 1.85. The lowest BCUT2D eigenvalue weighted by Crippen LogP contribution is -2.32. The predicted molar refractivity (Wildman–Crippen MR) is 134 cm³/mol. The Morgan fingerprint density at radius 1 is 1.00 bits per heavy atom. The molecule has 1 N–H and O–H groups in total. The van der Waals surface area contributed by atoms with Gasteiger partial charge in [-0.2, -0.15) is 13.5 Å². The molecule has 0 bridgehead atoms. The van der Waals surface area contributed by atoms with Crippen LogP contribution in [0.3, 0.4) is 0 Å². The second-order valence-electron chi connectivity index (χ2n) is 8.51. The van der Waals surface area contributed by atoms with E-state index in [1.165, 1.54) is 17.1 Å². The molecule has 1 amide bonds. The molecule has 8 nitrogen and oxygen atoms in total. The highest BCUT2D eigenvalue weighted by atomic mass is 32.2. The van der Waals surface area contributed by atoms with Gasteiger partial charge in [-0.05, 0) is 56.7 Å². The summed E-state index contributed by atoms with van der Waals surface area (Å²) in [5, 5.41) is 6.55. The smallest absolute Gasteiger partial charge is 0.324 e. The van der Waals surface area contributed by atoms with Crippen LogP contribution in [0.5, 0.6) is 0 Å². The number of pyridine rings is 1. The van der Waals surface area contributed by atoms with Gasteiger partial charge in [0.15, 0.2) is 5.82 Å². The number of hydrogen-bond acceptors (Lipinski definition) is 6. The van der Waals surface area contributed by atoms with E-state index >= 15 is 13.2 Å². The predicted octanol–water partition coefficient (Wildman–Crippen LogP) is 5.54. The molecule has 0 saturated carbocycles. The lowest BCUT2D eigenvalue weighted by molar-refractivity contribution is 0.199. The van der Waals surface area contributed by atoms with Gasteiger partial charge >= 0.3 is 16.2 Å². The van der Waals surface area contributed by atoms with E-state index < -0.39 is 61.3 Å². The van der Waals surface area contributed by atoms with Gasteiger partial charge in [0.2, 0.25) is 0 Å². The van der Waals surface area contributed by atoms with Crippen molar-refractivity contribution >= 4 is 16.2 Å². The third kappa shape index (κ3) is 5.25. The molecule has 12 heteroatoms. The van der Waals surface area contributed by atoms with Crippen molar-refractivity contribution in [2.24, 2.45) is 0 Å². The van der Waals surface area contributed by atoms with Crippen molar-refractivity contribution in [1.29, 1.82) is 0 Å². The number of hydrogen-bond donors (Lipinski definition) is 1. The van der Waals surface area contributed by atoms with Crippen molar-refractivity contribution in [1.82, 2.24) is 20.1 Å². The monoisotopic (exact) mass is 544 g/mol. The Morgan fingerprint density at radius 3 is 2.34 bits per heavy atom. The largest absolute Gasteiger partial charge is 0.423 e. The number of carbonyl (C=O) groups excluding carboxylic acids is 1. The minimum absolute atomic E-state index is 0.0206. The highest BCUT2D eigenvalue weighted by molar-refractivity contribution is 7.87. The zero-order valence-electron chi connectivity index (χ0n) is 20.6. The molecule has 2 aromatic carbocycles. The maximum atomic E-state index is 16.0. The van der Waals surface area contributed by atoms with E-state index in [0.29, 0.717) is 17.7 Å². The van der Waals surface area contributed by atoms with E-state index in [1.807, 2.05) is 0 Å². The molecule has 2 aromatic heterocycles. The Hall–Kier alpha value is -4.19. The van der Waals surface area contributed by atoms with Crippen molar-refractivity contribution in [3.63, 3.8) is 0 Å². The number of nitrogens with one attached hydrogen (secondary N) is 1. The van der Waals surface area contributed by atoms with Crippen LogP contribution < -0.4 is 5.32 Å². The number of benzene rings is 2. The number of rotatable bonds is 7. The zero-order chi connectivity index (χ0) is 27.6. The standard InChI is InChI=1S/C26H23F3N4O4S/c1-4-33-14-19(16-10-12-30-13-11-16)25(32-33)22-20(27)9-8-18(24(22)29)17-6-5-7-21(23(17)28)38(35,36)37-26(34)31-15(2)3/h5-15H,4H2,1-3H3,(H,31,34). The van der Waals surface area contributed by atoms with E-state index in [0.717, 1.165) is 30.3 Å². The molecule has 4 rings (SSSR count). The van der Waals surface area contributed by atoms with E-state index in [9.17, 15) is 13.2 Å². The first-order valence-corrected chi connectivity index (χ1v) is 12.9. The van der Waals surface area contributed by atoms with Crippen LogP contribution in [0.25, 0.3) is 33.5 Å². The topological polar surface area (TPSA) is 103 Å². The highest BCUT2D eigenvalue weighted by Gasteiger charge is 2.29. The Kier molecular flexibility index (Phi) is 7.53. The zero-order valence-corrected chi connectivity index (χ0v) is 21.4. The molecule has 0 aliphatic rings. The number of halogens is 3. The summed E-state index contributed by atoms with van der Waals surface area (Å²) in [5.74, 6) is -3.45. The molecule has 4 aromatic rings. The summed E-state index contributed by atoms with van der Waals surface area (Å²) in [6.45, 7) is 5.38. The van der Waals surface area contributed by atoms with Crippen molar-refractivity contribution < 1.29 is 30.6 Å². The average molecular weight is 545 g/mol. The lowest BCUT2D eigenvalue weighted by atomic mass is 9.96. The van der Waals surface area contributed by atoms with E-state index in [2.05, 4.69) is 19.6 Å². The summed E-state index contributed by atoms with van der Waals surface area (Å²) in [6, 6.07) is 7.99.